The summed E-state index contributed by atoms with van der Waals surface area (Å²) >= 11 is 2.00. The fourth-order valence-electron chi connectivity index (χ4n) is 2.10. The van der Waals surface area contributed by atoms with Crippen LogP contribution in [0.2, 0.25) is 0 Å². The minimum atomic E-state index is -0.000769. The highest BCUT2D eigenvalue weighted by molar-refractivity contribution is 7.99. The molecular formula is C14H20N2OS. The fraction of sp³-hybridized carbons (Fsp3) is 0.500. The number of nitrogens with one attached hydrogen (secondary N) is 2. The Morgan fingerprint density at radius 2 is 2.39 bits per heavy atom. The molecular weight excluding hydrogens is 244 g/mol. The van der Waals surface area contributed by atoms with Gasteiger partial charge in [-0.2, -0.15) is 11.8 Å². The molecule has 18 heavy (non-hydrogen) atoms. The monoisotopic (exact) mass is 264 g/mol. The van der Waals surface area contributed by atoms with Gasteiger partial charge in [0, 0.05) is 29.6 Å². The topological polar surface area (TPSA) is 41.1 Å². The number of hydrogen-bond acceptors (Lipinski definition) is 3. The lowest BCUT2D eigenvalue weighted by Gasteiger charge is -2.23. The van der Waals surface area contributed by atoms with Crippen LogP contribution in [0.3, 0.4) is 0 Å². The van der Waals surface area contributed by atoms with Gasteiger partial charge in [0.15, 0.2) is 0 Å². The van der Waals surface area contributed by atoms with Crippen LogP contribution < -0.4 is 10.6 Å². The molecule has 0 saturated carbocycles. The first-order chi connectivity index (χ1) is 8.79. The van der Waals surface area contributed by atoms with Crippen molar-refractivity contribution in [2.45, 2.75) is 25.8 Å². The maximum Gasteiger partial charge on any atom is 0.251 e. The van der Waals surface area contributed by atoms with Gasteiger partial charge in [0.2, 0.25) is 0 Å². The van der Waals surface area contributed by atoms with E-state index in [0.717, 1.165) is 17.0 Å². The molecule has 98 valence electrons. The molecule has 0 spiro atoms. The standard InChI is InChI=1S/C14H20N2OS/c1-2-15-14(17)11-5-3-6-12(9-11)16-13-7-4-8-18-10-13/h3,5-6,9,13,16H,2,4,7-8,10H2,1H3,(H,15,17). The lowest BCUT2D eigenvalue weighted by molar-refractivity contribution is 0.0956. The van der Waals surface area contributed by atoms with E-state index in [1.165, 1.54) is 18.6 Å². The molecule has 4 heteroatoms. The fourth-order valence-corrected chi connectivity index (χ4v) is 3.18. The highest BCUT2D eigenvalue weighted by atomic mass is 32.2. The molecule has 1 amide bonds. The summed E-state index contributed by atoms with van der Waals surface area (Å²) in [5.74, 6) is 2.43. The average molecular weight is 264 g/mol. The van der Waals surface area contributed by atoms with Crippen LogP contribution in [0.1, 0.15) is 30.1 Å². The van der Waals surface area contributed by atoms with Gasteiger partial charge in [0.25, 0.3) is 5.91 Å². The Hall–Kier alpha value is -1.16. The van der Waals surface area contributed by atoms with Crippen LogP contribution in [0.15, 0.2) is 24.3 Å². The second kappa shape index (κ2) is 6.69. The van der Waals surface area contributed by atoms with Crippen LogP contribution in [-0.4, -0.2) is 30.0 Å². The van der Waals surface area contributed by atoms with Gasteiger partial charge in [0.1, 0.15) is 0 Å². The van der Waals surface area contributed by atoms with Crippen molar-refractivity contribution < 1.29 is 4.79 Å². The molecule has 2 N–H and O–H groups in total. The lowest BCUT2D eigenvalue weighted by atomic mass is 10.1. The quantitative estimate of drug-likeness (QED) is 0.878. The van der Waals surface area contributed by atoms with Crippen molar-refractivity contribution in [1.82, 2.24) is 5.32 Å². The normalized spacial score (nSPS) is 19.3. The molecule has 3 nitrogen and oxygen atoms in total. The van der Waals surface area contributed by atoms with Gasteiger partial charge in [-0.05, 0) is 43.7 Å². The van der Waals surface area contributed by atoms with E-state index < -0.39 is 0 Å². The Bertz CT molecular complexity index is 403. The summed E-state index contributed by atoms with van der Waals surface area (Å²) in [6.07, 6.45) is 2.50. The molecule has 1 aliphatic heterocycles. The Balaban J connectivity index is 2.00. The maximum atomic E-state index is 11.7. The van der Waals surface area contributed by atoms with Crippen molar-refractivity contribution >= 4 is 23.4 Å². The first-order valence-electron chi connectivity index (χ1n) is 6.52. The van der Waals surface area contributed by atoms with E-state index in [0.29, 0.717) is 12.6 Å². The molecule has 1 fully saturated rings. The lowest BCUT2D eigenvalue weighted by Crippen LogP contribution is -2.26. The Labute approximate surface area is 113 Å². The number of thioether (sulfide) groups is 1. The predicted molar refractivity (Wildman–Crippen MR) is 78.4 cm³/mol. The van der Waals surface area contributed by atoms with E-state index in [-0.39, 0.29) is 5.91 Å². The molecule has 1 aliphatic rings. The zero-order valence-electron chi connectivity index (χ0n) is 10.7. The molecule has 1 heterocycles. The zero-order chi connectivity index (χ0) is 12.8. The first kappa shape index (κ1) is 13.3. The van der Waals surface area contributed by atoms with Gasteiger partial charge in [-0.3, -0.25) is 4.79 Å². The Morgan fingerprint density at radius 1 is 1.50 bits per heavy atom. The van der Waals surface area contributed by atoms with Gasteiger partial charge in [0.05, 0.1) is 0 Å². The summed E-state index contributed by atoms with van der Waals surface area (Å²) in [5, 5.41) is 6.34. The average Bonchev–Trinajstić information content (AvgIpc) is 2.40. The molecule has 0 aromatic heterocycles. The number of carbonyl (C=O) groups is 1. The van der Waals surface area contributed by atoms with E-state index in [4.69, 9.17) is 0 Å². The van der Waals surface area contributed by atoms with Crippen molar-refractivity contribution in [2.75, 3.05) is 23.4 Å². The van der Waals surface area contributed by atoms with Gasteiger partial charge < -0.3 is 10.6 Å². The molecule has 1 aromatic rings. The van der Waals surface area contributed by atoms with Gasteiger partial charge in [-0.1, -0.05) is 6.07 Å². The van der Waals surface area contributed by atoms with Crippen molar-refractivity contribution in [3.8, 4) is 0 Å². The van der Waals surface area contributed by atoms with E-state index in [9.17, 15) is 4.79 Å². The molecule has 1 atom stereocenters. The van der Waals surface area contributed by atoms with Crippen molar-refractivity contribution in [2.24, 2.45) is 0 Å². The van der Waals surface area contributed by atoms with Gasteiger partial charge >= 0.3 is 0 Å². The molecule has 2 rings (SSSR count). The summed E-state index contributed by atoms with van der Waals surface area (Å²) in [6, 6.07) is 8.29. The van der Waals surface area contributed by atoms with Crippen molar-refractivity contribution in [3.63, 3.8) is 0 Å². The predicted octanol–water partition coefficient (Wildman–Crippen LogP) is 2.74. The Kier molecular flexibility index (Phi) is 4.93. The van der Waals surface area contributed by atoms with Gasteiger partial charge in [-0.25, -0.2) is 0 Å². The molecule has 1 unspecified atom stereocenters. The third kappa shape index (κ3) is 3.67. The number of hydrogen-bond donors (Lipinski definition) is 2. The number of benzene rings is 1. The minimum Gasteiger partial charge on any atom is -0.381 e. The van der Waals surface area contributed by atoms with Crippen molar-refractivity contribution in [3.05, 3.63) is 29.8 Å². The number of carbonyl (C=O) groups excluding carboxylic acids is 1. The second-order valence-electron chi connectivity index (χ2n) is 4.50. The Morgan fingerprint density at radius 3 is 3.11 bits per heavy atom. The first-order valence-corrected chi connectivity index (χ1v) is 7.67. The highest BCUT2D eigenvalue weighted by Crippen LogP contribution is 2.21. The largest absolute Gasteiger partial charge is 0.381 e. The molecule has 1 saturated heterocycles. The SMILES string of the molecule is CCNC(=O)c1cccc(NC2CCCSC2)c1. The number of rotatable bonds is 4. The molecule has 0 bridgehead atoms. The third-order valence-electron chi connectivity index (χ3n) is 2.99. The van der Waals surface area contributed by atoms with Gasteiger partial charge in [-0.15, -0.1) is 0 Å². The summed E-state index contributed by atoms with van der Waals surface area (Å²) < 4.78 is 0. The second-order valence-corrected chi connectivity index (χ2v) is 5.65. The van der Waals surface area contributed by atoms with Crippen LogP contribution in [0.25, 0.3) is 0 Å². The molecule has 0 aliphatic carbocycles. The summed E-state index contributed by atoms with van der Waals surface area (Å²) in [5.41, 5.74) is 1.77. The molecule has 1 aromatic carbocycles. The van der Waals surface area contributed by atoms with Crippen LogP contribution in [-0.2, 0) is 0 Å². The van der Waals surface area contributed by atoms with E-state index in [1.807, 2.05) is 43.0 Å². The van der Waals surface area contributed by atoms with Crippen LogP contribution in [0, 0.1) is 0 Å². The minimum absolute atomic E-state index is 0.000769. The zero-order valence-corrected chi connectivity index (χ0v) is 11.6. The number of amides is 1. The summed E-state index contributed by atoms with van der Waals surface area (Å²) in [6.45, 7) is 2.59. The van der Waals surface area contributed by atoms with Crippen molar-refractivity contribution in [1.29, 1.82) is 0 Å². The maximum absolute atomic E-state index is 11.7. The summed E-state index contributed by atoms with van der Waals surface area (Å²) in [7, 11) is 0. The van der Waals surface area contributed by atoms with Crippen LogP contribution >= 0.6 is 11.8 Å². The number of anilines is 1. The van der Waals surface area contributed by atoms with Crippen LogP contribution in [0.5, 0.6) is 0 Å². The third-order valence-corrected chi connectivity index (χ3v) is 4.21. The van der Waals surface area contributed by atoms with E-state index in [2.05, 4.69) is 10.6 Å². The summed E-state index contributed by atoms with van der Waals surface area (Å²) in [4.78, 5) is 11.7. The molecule has 0 radical (unpaired) electrons. The van der Waals surface area contributed by atoms with Crippen LogP contribution in [0.4, 0.5) is 5.69 Å². The highest BCUT2D eigenvalue weighted by Gasteiger charge is 2.13. The smallest absolute Gasteiger partial charge is 0.251 e. The van der Waals surface area contributed by atoms with E-state index >= 15 is 0 Å². The van der Waals surface area contributed by atoms with E-state index in [1.54, 1.807) is 0 Å².